The number of carbonyl (C=O) groups is 2. The molecule has 2 amide bonds. The Labute approximate surface area is 228 Å². The van der Waals surface area contributed by atoms with E-state index in [-0.39, 0.29) is 11.8 Å². The second kappa shape index (κ2) is 10.1. The van der Waals surface area contributed by atoms with Crippen molar-refractivity contribution in [2.75, 3.05) is 32.7 Å². The van der Waals surface area contributed by atoms with E-state index in [2.05, 4.69) is 26.2 Å². The average molecular weight is 523 g/mol. The fourth-order valence-corrected chi connectivity index (χ4v) is 6.64. The highest BCUT2D eigenvalue weighted by Gasteiger charge is 2.32. The highest BCUT2D eigenvalue weighted by Crippen LogP contribution is 2.35. The second-order valence-corrected chi connectivity index (χ2v) is 11.2. The summed E-state index contributed by atoms with van der Waals surface area (Å²) in [6.07, 6.45) is 12.4. The molecule has 2 aromatic heterocycles. The van der Waals surface area contributed by atoms with Crippen molar-refractivity contribution in [3.8, 4) is 11.3 Å². The van der Waals surface area contributed by atoms with Crippen LogP contribution in [-0.2, 0) is 19.4 Å². The average Bonchev–Trinajstić information content (AvgIpc) is 3.73. The summed E-state index contributed by atoms with van der Waals surface area (Å²) in [6, 6.07) is 10.3. The molecule has 1 N–H and O–H groups in total. The van der Waals surface area contributed by atoms with Gasteiger partial charge < -0.3 is 15.1 Å². The molecule has 4 aliphatic rings. The van der Waals surface area contributed by atoms with Crippen LogP contribution in [0.3, 0.4) is 0 Å². The van der Waals surface area contributed by atoms with Gasteiger partial charge in [-0.3, -0.25) is 19.3 Å². The molecule has 8 nitrogen and oxygen atoms in total. The van der Waals surface area contributed by atoms with Crippen LogP contribution in [0.5, 0.6) is 0 Å². The predicted molar refractivity (Wildman–Crippen MR) is 150 cm³/mol. The Morgan fingerprint density at radius 2 is 1.87 bits per heavy atom. The van der Waals surface area contributed by atoms with E-state index in [0.29, 0.717) is 24.8 Å². The van der Waals surface area contributed by atoms with Crippen LogP contribution < -0.4 is 5.32 Å². The first kappa shape index (κ1) is 24.3. The highest BCUT2D eigenvalue weighted by molar-refractivity contribution is 5.97. The standard InChI is InChI=1S/C31H34N6O2/c38-30-29-26-12-10-23-19-33-24(18-27(23)28(26)34-37(29)17-13-32-30)11-7-21-5-8-22(9-6-21)31(39)36-16-3-4-25(36)20-35-14-1-2-15-35/h5-9,11,18-19,25H,1-4,10,12-17,20H2,(H,32,38)/t25-/m0/s1. The lowest BCUT2D eigenvalue weighted by molar-refractivity contribution is 0.0708. The number of fused-ring (bicyclic) bond motifs is 5. The number of aromatic nitrogens is 3. The van der Waals surface area contributed by atoms with Crippen molar-refractivity contribution in [3.63, 3.8) is 0 Å². The summed E-state index contributed by atoms with van der Waals surface area (Å²) < 4.78 is 1.86. The first-order chi connectivity index (χ1) is 19.1. The number of nitrogens with one attached hydrogen (secondary N) is 1. The normalized spacial score (nSPS) is 20.7. The number of aryl methyl sites for hydroxylation is 1. The van der Waals surface area contributed by atoms with Crippen LogP contribution >= 0.6 is 0 Å². The van der Waals surface area contributed by atoms with E-state index in [1.54, 1.807) is 0 Å². The molecule has 0 saturated carbocycles. The Morgan fingerprint density at radius 3 is 2.72 bits per heavy atom. The number of rotatable bonds is 5. The molecule has 5 heterocycles. The van der Waals surface area contributed by atoms with Crippen LogP contribution in [0.15, 0.2) is 36.5 Å². The Bertz CT molecular complexity index is 1450. The van der Waals surface area contributed by atoms with Crippen molar-refractivity contribution < 1.29 is 9.59 Å². The Kier molecular flexibility index (Phi) is 6.27. The molecule has 3 aromatic rings. The van der Waals surface area contributed by atoms with Crippen LogP contribution in [-0.4, -0.2) is 75.1 Å². The van der Waals surface area contributed by atoms with E-state index in [4.69, 9.17) is 5.10 Å². The van der Waals surface area contributed by atoms with E-state index in [1.807, 2.05) is 47.3 Å². The van der Waals surface area contributed by atoms with Crippen molar-refractivity contribution in [2.24, 2.45) is 0 Å². The first-order valence-electron chi connectivity index (χ1n) is 14.3. The smallest absolute Gasteiger partial charge is 0.269 e. The van der Waals surface area contributed by atoms with Crippen LogP contribution in [0.2, 0.25) is 0 Å². The number of nitrogens with zero attached hydrogens (tertiary/aromatic N) is 5. The van der Waals surface area contributed by atoms with Crippen LogP contribution in [0.4, 0.5) is 0 Å². The molecule has 3 aliphatic heterocycles. The zero-order valence-electron chi connectivity index (χ0n) is 22.2. The van der Waals surface area contributed by atoms with Gasteiger partial charge in [0.1, 0.15) is 5.69 Å². The number of carbonyl (C=O) groups excluding carboxylic acids is 2. The molecule has 2 fully saturated rings. The molecule has 8 heteroatoms. The number of hydrogen-bond donors (Lipinski definition) is 1. The Balaban J connectivity index is 1.06. The largest absolute Gasteiger partial charge is 0.349 e. The molecule has 0 unspecified atom stereocenters. The minimum absolute atomic E-state index is 0.0265. The second-order valence-electron chi connectivity index (χ2n) is 11.2. The molecule has 1 atom stereocenters. The molecule has 2 saturated heterocycles. The minimum Gasteiger partial charge on any atom is -0.349 e. The maximum absolute atomic E-state index is 13.3. The third kappa shape index (κ3) is 4.56. The van der Waals surface area contributed by atoms with Crippen molar-refractivity contribution in [2.45, 2.75) is 51.1 Å². The lowest BCUT2D eigenvalue weighted by Crippen LogP contribution is -2.42. The molecule has 0 spiro atoms. The number of benzene rings is 1. The van der Waals surface area contributed by atoms with Gasteiger partial charge in [0.25, 0.3) is 11.8 Å². The van der Waals surface area contributed by atoms with E-state index in [1.165, 1.54) is 31.5 Å². The molecule has 39 heavy (non-hydrogen) atoms. The van der Waals surface area contributed by atoms with Crippen LogP contribution in [0.1, 0.15) is 68.9 Å². The summed E-state index contributed by atoms with van der Waals surface area (Å²) in [7, 11) is 0. The quantitative estimate of drug-likeness (QED) is 0.553. The van der Waals surface area contributed by atoms with Gasteiger partial charge in [0.15, 0.2) is 0 Å². The summed E-state index contributed by atoms with van der Waals surface area (Å²) >= 11 is 0. The summed E-state index contributed by atoms with van der Waals surface area (Å²) in [6.45, 7) is 5.52. The predicted octanol–water partition coefficient (Wildman–Crippen LogP) is 3.66. The van der Waals surface area contributed by atoms with Crippen molar-refractivity contribution in [1.82, 2.24) is 29.9 Å². The zero-order chi connectivity index (χ0) is 26.3. The van der Waals surface area contributed by atoms with Crippen LogP contribution in [0.25, 0.3) is 23.4 Å². The third-order valence-corrected chi connectivity index (χ3v) is 8.69. The number of amides is 2. The van der Waals surface area contributed by atoms with Gasteiger partial charge in [0, 0.05) is 48.6 Å². The maximum Gasteiger partial charge on any atom is 0.269 e. The van der Waals surface area contributed by atoms with Gasteiger partial charge in [-0.2, -0.15) is 5.10 Å². The summed E-state index contributed by atoms with van der Waals surface area (Å²) in [5, 5.41) is 7.74. The van der Waals surface area contributed by atoms with E-state index >= 15 is 0 Å². The zero-order valence-corrected chi connectivity index (χ0v) is 22.2. The monoisotopic (exact) mass is 522 g/mol. The number of pyridine rings is 1. The summed E-state index contributed by atoms with van der Waals surface area (Å²) in [5.41, 5.74) is 7.53. The lowest BCUT2D eigenvalue weighted by Gasteiger charge is -2.28. The molecule has 7 rings (SSSR count). The molecule has 1 aromatic carbocycles. The fraction of sp³-hybridized carbons (Fsp3) is 0.419. The SMILES string of the molecule is O=C1NCCn2nc3c(c21)CCc1cnc(C=Cc2ccc(C(=O)N4CCC[C@H]4CN4CCCC4)cc2)cc1-3. The molecule has 0 bridgehead atoms. The van der Waals surface area contributed by atoms with E-state index in [9.17, 15) is 9.59 Å². The van der Waals surface area contributed by atoms with Gasteiger partial charge in [-0.25, -0.2) is 0 Å². The van der Waals surface area contributed by atoms with Gasteiger partial charge in [-0.1, -0.05) is 18.2 Å². The molecule has 200 valence electrons. The Hall–Kier alpha value is -3.78. The number of likely N-dealkylation sites (tertiary alicyclic amines) is 2. The van der Waals surface area contributed by atoms with E-state index < -0.39 is 0 Å². The number of hydrogen-bond acceptors (Lipinski definition) is 5. The fourth-order valence-electron chi connectivity index (χ4n) is 6.64. The van der Waals surface area contributed by atoms with E-state index in [0.717, 1.165) is 72.4 Å². The Morgan fingerprint density at radius 1 is 1.03 bits per heavy atom. The molecule has 1 aliphatic carbocycles. The summed E-state index contributed by atoms with van der Waals surface area (Å²) in [4.78, 5) is 35.0. The van der Waals surface area contributed by atoms with Gasteiger partial charge in [-0.15, -0.1) is 0 Å². The first-order valence-corrected chi connectivity index (χ1v) is 14.3. The van der Waals surface area contributed by atoms with Crippen LogP contribution in [0, 0.1) is 0 Å². The molecular formula is C31H34N6O2. The van der Waals surface area contributed by atoms with Crippen molar-refractivity contribution >= 4 is 24.0 Å². The van der Waals surface area contributed by atoms with Gasteiger partial charge >= 0.3 is 0 Å². The van der Waals surface area contributed by atoms with Gasteiger partial charge in [-0.05, 0) is 87.0 Å². The topological polar surface area (TPSA) is 83.4 Å². The van der Waals surface area contributed by atoms with Crippen molar-refractivity contribution in [1.29, 1.82) is 0 Å². The third-order valence-electron chi connectivity index (χ3n) is 8.69. The minimum atomic E-state index is -0.0265. The lowest BCUT2D eigenvalue weighted by atomic mass is 9.89. The maximum atomic E-state index is 13.3. The molecule has 0 radical (unpaired) electrons. The van der Waals surface area contributed by atoms with Gasteiger partial charge in [0.05, 0.1) is 17.9 Å². The molecular weight excluding hydrogens is 488 g/mol. The highest BCUT2D eigenvalue weighted by atomic mass is 16.2. The van der Waals surface area contributed by atoms with Crippen molar-refractivity contribution in [3.05, 3.63) is 70.2 Å². The summed E-state index contributed by atoms with van der Waals surface area (Å²) in [5.74, 6) is 0.122. The van der Waals surface area contributed by atoms with Gasteiger partial charge in [0.2, 0.25) is 0 Å².